The number of fused-ring (bicyclic) bond motifs is 5. The van der Waals surface area contributed by atoms with Gasteiger partial charge in [0.2, 0.25) is 5.78 Å². The fourth-order valence-electron chi connectivity index (χ4n) is 7.00. The number of aliphatic hydroxyl groups excluding tert-OH is 1. The fraction of sp³-hybridized carbons (Fsp3) is 0.682. The molecule has 5 nitrogen and oxygen atoms in total. The lowest BCUT2D eigenvalue weighted by Crippen LogP contribution is -2.56. The lowest BCUT2D eigenvalue weighted by atomic mass is 9.46. The van der Waals surface area contributed by atoms with Gasteiger partial charge in [-0.05, 0) is 61.5 Å². The summed E-state index contributed by atoms with van der Waals surface area (Å²) >= 11 is 0. The maximum atomic E-state index is 12.6. The monoisotopic (exact) mass is 372 g/mol. The molecule has 4 rings (SSSR count). The summed E-state index contributed by atoms with van der Waals surface area (Å²) in [5.41, 5.74) is 0.443. The van der Waals surface area contributed by atoms with Crippen LogP contribution in [0.4, 0.5) is 0 Å². The molecule has 1 N–H and O–H groups in total. The molecule has 0 spiro atoms. The van der Waals surface area contributed by atoms with Crippen molar-refractivity contribution in [2.45, 2.75) is 52.1 Å². The number of allylic oxidation sites excluding steroid dienone is 4. The third-order valence-electron chi connectivity index (χ3n) is 8.20. The van der Waals surface area contributed by atoms with Crippen molar-refractivity contribution < 1.29 is 24.2 Å². The summed E-state index contributed by atoms with van der Waals surface area (Å²) in [6, 6.07) is 0. The van der Waals surface area contributed by atoms with Gasteiger partial charge in [0.1, 0.15) is 0 Å². The van der Waals surface area contributed by atoms with Crippen molar-refractivity contribution in [3.05, 3.63) is 23.8 Å². The highest BCUT2D eigenvalue weighted by Gasteiger charge is 2.63. The molecule has 0 bridgehead atoms. The van der Waals surface area contributed by atoms with E-state index in [2.05, 4.69) is 18.6 Å². The standard InChI is InChI=1S/C22H28O5/c1-21-9-8-13(23)10-12(21)4-5-14-15-6-7-16(19(25)20(26)27-3)22(15,2)11-17(24)18(14)21/h8-10,14-18,24H,4-7,11H2,1-3H3. The molecule has 0 aromatic heterocycles. The predicted octanol–water partition coefficient (Wildman–Crippen LogP) is 2.62. The Kier molecular flexibility index (Phi) is 4.22. The number of hydrogen-bond acceptors (Lipinski definition) is 5. The highest BCUT2D eigenvalue weighted by molar-refractivity contribution is 6.34. The van der Waals surface area contributed by atoms with Crippen LogP contribution in [0.25, 0.3) is 0 Å². The molecule has 0 amide bonds. The number of carbonyl (C=O) groups is 3. The average Bonchev–Trinajstić information content (AvgIpc) is 2.97. The highest BCUT2D eigenvalue weighted by Crippen LogP contribution is 2.66. The lowest BCUT2D eigenvalue weighted by Gasteiger charge is -2.58. The van der Waals surface area contributed by atoms with Crippen molar-refractivity contribution in [1.82, 2.24) is 0 Å². The Morgan fingerprint density at radius 1 is 1.22 bits per heavy atom. The second-order valence-corrected chi connectivity index (χ2v) is 9.29. The zero-order chi connectivity index (χ0) is 19.6. The molecule has 0 aromatic rings. The SMILES string of the molecule is COC(=O)C(=O)C1CCC2C3CCC4=CC(=O)C=CC4(C)C3C(O)CC12C. The minimum Gasteiger partial charge on any atom is -0.463 e. The first-order valence-corrected chi connectivity index (χ1v) is 9.97. The smallest absolute Gasteiger partial charge is 0.374 e. The molecule has 3 fully saturated rings. The van der Waals surface area contributed by atoms with Crippen LogP contribution in [-0.4, -0.2) is 35.9 Å². The summed E-state index contributed by atoms with van der Waals surface area (Å²) in [5.74, 6) is -0.929. The van der Waals surface area contributed by atoms with E-state index in [1.165, 1.54) is 7.11 Å². The molecule has 7 unspecified atom stereocenters. The maximum Gasteiger partial charge on any atom is 0.374 e. The molecule has 0 aromatic carbocycles. The maximum absolute atomic E-state index is 12.6. The van der Waals surface area contributed by atoms with E-state index in [0.717, 1.165) is 24.8 Å². The average molecular weight is 372 g/mol. The molecule has 0 aliphatic heterocycles. The normalized spacial score (nSPS) is 45.4. The molecule has 4 aliphatic carbocycles. The molecular formula is C22H28O5. The molecule has 146 valence electrons. The second kappa shape index (κ2) is 6.13. The van der Waals surface area contributed by atoms with Crippen molar-refractivity contribution in [3.63, 3.8) is 0 Å². The summed E-state index contributed by atoms with van der Waals surface area (Å²) in [6.45, 7) is 4.21. The van der Waals surface area contributed by atoms with E-state index >= 15 is 0 Å². The predicted molar refractivity (Wildman–Crippen MR) is 98.5 cm³/mol. The van der Waals surface area contributed by atoms with Crippen LogP contribution in [-0.2, 0) is 19.1 Å². The fourth-order valence-corrected chi connectivity index (χ4v) is 7.00. The molecule has 0 heterocycles. The van der Waals surface area contributed by atoms with E-state index < -0.39 is 17.9 Å². The van der Waals surface area contributed by atoms with Gasteiger partial charge in [0.05, 0.1) is 13.2 Å². The van der Waals surface area contributed by atoms with Crippen LogP contribution in [0.15, 0.2) is 23.8 Å². The quantitative estimate of drug-likeness (QED) is 0.595. The third-order valence-corrected chi connectivity index (χ3v) is 8.20. The van der Waals surface area contributed by atoms with Crippen LogP contribution in [0.3, 0.4) is 0 Å². The van der Waals surface area contributed by atoms with Gasteiger partial charge in [0.25, 0.3) is 0 Å². The van der Waals surface area contributed by atoms with E-state index in [-0.39, 0.29) is 34.4 Å². The van der Waals surface area contributed by atoms with E-state index in [4.69, 9.17) is 0 Å². The molecule has 0 radical (unpaired) electrons. The first-order valence-electron chi connectivity index (χ1n) is 9.97. The summed E-state index contributed by atoms with van der Waals surface area (Å²) in [4.78, 5) is 36.3. The van der Waals surface area contributed by atoms with Crippen molar-refractivity contribution in [2.24, 2.45) is 34.5 Å². The Bertz CT molecular complexity index is 765. The number of methoxy groups -OCH3 is 1. The third kappa shape index (κ3) is 2.50. The van der Waals surface area contributed by atoms with Gasteiger partial charge in [-0.2, -0.15) is 0 Å². The Hall–Kier alpha value is -1.75. The minimum atomic E-state index is -0.770. The highest BCUT2D eigenvalue weighted by atomic mass is 16.5. The van der Waals surface area contributed by atoms with Gasteiger partial charge in [-0.15, -0.1) is 0 Å². The van der Waals surface area contributed by atoms with Crippen LogP contribution >= 0.6 is 0 Å². The number of ketones is 2. The van der Waals surface area contributed by atoms with Gasteiger partial charge in [0.15, 0.2) is 5.78 Å². The molecule has 27 heavy (non-hydrogen) atoms. The number of esters is 1. The number of ether oxygens (including phenoxy) is 1. The zero-order valence-electron chi connectivity index (χ0n) is 16.2. The van der Waals surface area contributed by atoms with E-state index in [1.807, 2.05) is 6.08 Å². The Morgan fingerprint density at radius 3 is 2.67 bits per heavy atom. The van der Waals surface area contributed by atoms with Crippen LogP contribution in [0, 0.1) is 34.5 Å². The summed E-state index contributed by atoms with van der Waals surface area (Å²) in [7, 11) is 1.24. The summed E-state index contributed by atoms with van der Waals surface area (Å²) in [6.07, 6.45) is 8.66. The minimum absolute atomic E-state index is 0.0284. The molecule has 4 aliphatic rings. The molecule has 3 saturated carbocycles. The van der Waals surface area contributed by atoms with Gasteiger partial charge < -0.3 is 9.84 Å². The van der Waals surface area contributed by atoms with Crippen LogP contribution in [0.2, 0.25) is 0 Å². The van der Waals surface area contributed by atoms with Crippen molar-refractivity contribution in [3.8, 4) is 0 Å². The van der Waals surface area contributed by atoms with Crippen LogP contribution in [0.1, 0.15) is 46.0 Å². The molecule has 5 heteroatoms. The first-order chi connectivity index (χ1) is 12.7. The van der Waals surface area contributed by atoms with E-state index in [9.17, 15) is 19.5 Å². The van der Waals surface area contributed by atoms with E-state index in [1.54, 1.807) is 12.2 Å². The Balaban J connectivity index is 1.69. The van der Waals surface area contributed by atoms with Crippen molar-refractivity contribution >= 4 is 17.5 Å². The summed E-state index contributed by atoms with van der Waals surface area (Å²) < 4.78 is 4.68. The van der Waals surface area contributed by atoms with Crippen LogP contribution in [0.5, 0.6) is 0 Å². The van der Waals surface area contributed by atoms with E-state index in [0.29, 0.717) is 18.8 Å². The topological polar surface area (TPSA) is 80.7 Å². The van der Waals surface area contributed by atoms with Crippen LogP contribution < -0.4 is 0 Å². The zero-order valence-corrected chi connectivity index (χ0v) is 16.2. The molecular weight excluding hydrogens is 344 g/mol. The van der Waals surface area contributed by atoms with Crippen molar-refractivity contribution in [1.29, 1.82) is 0 Å². The van der Waals surface area contributed by atoms with Gasteiger partial charge in [0, 0.05) is 17.3 Å². The first kappa shape index (κ1) is 18.6. The van der Waals surface area contributed by atoms with Gasteiger partial charge in [-0.3, -0.25) is 9.59 Å². The number of hydrogen-bond donors (Lipinski definition) is 1. The number of aliphatic hydroxyl groups is 1. The number of Topliss-reactive ketones (excluding diaryl/α,β-unsaturated/α-hetero) is 1. The summed E-state index contributed by atoms with van der Waals surface area (Å²) in [5, 5.41) is 11.2. The largest absolute Gasteiger partial charge is 0.463 e. The second-order valence-electron chi connectivity index (χ2n) is 9.29. The molecule has 7 atom stereocenters. The van der Waals surface area contributed by atoms with Gasteiger partial charge in [-0.1, -0.05) is 25.5 Å². The van der Waals surface area contributed by atoms with Crippen molar-refractivity contribution in [2.75, 3.05) is 7.11 Å². The Morgan fingerprint density at radius 2 is 1.96 bits per heavy atom. The Labute approximate surface area is 159 Å². The van der Waals surface area contributed by atoms with Gasteiger partial charge in [-0.25, -0.2) is 4.79 Å². The van der Waals surface area contributed by atoms with Gasteiger partial charge >= 0.3 is 5.97 Å². The lowest BCUT2D eigenvalue weighted by molar-refractivity contribution is -0.159. The number of carbonyl (C=O) groups excluding carboxylic acids is 3. The molecule has 0 saturated heterocycles. The number of rotatable bonds is 2.